The van der Waals surface area contributed by atoms with Gasteiger partial charge in [0.05, 0.1) is 34.7 Å². The van der Waals surface area contributed by atoms with Gasteiger partial charge in [0, 0.05) is 43.0 Å². The second kappa shape index (κ2) is 14.2. The number of carboxylic acid groups (broad SMARTS) is 1. The standard InChI is InChI=1S/C41H46FN7O4S/c1-24-16-40(3)18-27(53-15-13-43)19-41(17-24,22-40)23-49-25(2)29(20-44-49)28-9-11-34(46-36(28)38(51)52)48-14-12-26-8-10-31(42)35(30(26)21-48)37(50)47-39-45-32-6-4-5-7-33(32)54-39/h4-11,20,24,27H,12-19,21-23,43H2,1-3H3,(H,51,52)(H,45,47,50). The summed E-state index contributed by atoms with van der Waals surface area (Å²) in [5.41, 5.74) is 10.1. The largest absolute Gasteiger partial charge is 0.476 e. The first-order chi connectivity index (χ1) is 25.9. The molecule has 0 saturated heterocycles. The number of nitrogens with one attached hydrogen (secondary N) is 1. The zero-order chi connectivity index (χ0) is 37.8. The van der Waals surface area contributed by atoms with E-state index in [2.05, 4.69) is 29.1 Å². The number of rotatable bonds is 10. The number of nitrogens with two attached hydrogens (primary N) is 1. The van der Waals surface area contributed by atoms with Crippen LogP contribution in [0.5, 0.6) is 0 Å². The van der Waals surface area contributed by atoms with Crippen LogP contribution in [-0.4, -0.2) is 62.5 Å². The Morgan fingerprint density at radius 3 is 2.72 bits per heavy atom. The van der Waals surface area contributed by atoms with Crippen LogP contribution in [0.15, 0.2) is 54.7 Å². The SMILES string of the molecule is Cc1c(-c2ccc(N3CCc4ccc(F)c(C(=O)Nc5nc6ccccc6s5)c4C3)nc2C(=O)O)cnn1CC12CC(C)CC(C)(CC(OCCN)C1)C2. The van der Waals surface area contributed by atoms with Crippen molar-refractivity contribution in [1.82, 2.24) is 19.7 Å². The van der Waals surface area contributed by atoms with Gasteiger partial charge in [-0.2, -0.15) is 5.10 Å². The van der Waals surface area contributed by atoms with Crippen molar-refractivity contribution in [3.63, 3.8) is 0 Å². The van der Waals surface area contributed by atoms with E-state index < -0.39 is 17.7 Å². The average Bonchev–Trinajstić information content (AvgIpc) is 3.70. The van der Waals surface area contributed by atoms with Gasteiger partial charge in [0.1, 0.15) is 11.6 Å². The third-order valence-electron chi connectivity index (χ3n) is 11.7. The van der Waals surface area contributed by atoms with Crippen LogP contribution in [0.3, 0.4) is 0 Å². The molecule has 0 radical (unpaired) electrons. The zero-order valence-electron chi connectivity index (χ0n) is 30.9. The lowest BCUT2D eigenvalue weighted by Crippen LogP contribution is -2.49. The molecule has 2 bridgehead atoms. The topological polar surface area (TPSA) is 148 Å². The van der Waals surface area contributed by atoms with Crippen molar-refractivity contribution in [2.75, 3.05) is 29.9 Å². The summed E-state index contributed by atoms with van der Waals surface area (Å²) in [6.07, 6.45) is 7.81. The van der Waals surface area contributed by atoms with Crippen molar-refractivity contribution in [3.8, 4) is 11.1 Å². The number of aromatic carboxylic acids is 1. The number of aromatic nitrogens is 4. The summed E-state index contributed by atoms with van der Waals surface area (Å²) in [7, 11) is 0. The molecule has 4 atom stereocenters. The summed E-state index contributed by atoms with van der Waals surface area (Å²) in [5.74, 6) is -1.33. The molecule has 2 fully saturated rings. The molecule has 5 aromatic rings. The van der Waals surface area contributed by atoms with Gasteiger partial charge >= 0.3 is 5.97 Å². The number of benzene rings is 2. The molecular formula is C41H46FN7O4S. The lowest BCUT2D eigenvalue weighted by Gasteiger charge is -2.55. The lowest BCUT2D eigenvalue weighted by atomic mass is 9.52. The van der Waals surface area contributed by atoms with E-state index in [1.54, 1.807) is 24.4 Å². The van der Waals surface area contributed by atoms with Crippen LogP contribution in [0.4, 0.5) is 15.3 Å². The first kappa shape index (κ1) is 36.3. The van der Waals surface area contributed by atoms with Gasteiger partial charge < -0.3 is 20.5 Å². The van der Waals surface area contributed by atoms with Gasteiger partial charge in [-0.1, -0.05) is 43.4 Å². The molecule has 54 heavy (non-hydrogen) atoms. The first-order valence-corrected chi connectivity index (χ1v) is 19.6. The highest BCUT2D eigenvalue weighted by atomic mass is 32.1. The van der Waals surface area contributed by atoms with Gasteiger partial charge in [0.25, 0.3) is 5.91 Å². The second-order valence-corrected chi connectivity index (χ2v) is 17.1. The summed E-state index contributed by atoms with van der Waals surface area (Å²) in [6.45, 7) is 9.23. The van der Waals surface area contributed by atoms with Crippen molar-refractivity contribution in [1.29, 1.82) is 0 Å². The number of hydrogen-bond donors (Lipinski definition) is 3. The van der Waals surface area contributed by atoms with Crippen molar-refractivity contribution in [2.24, 2.45) is 22.5 Å². The zero-order valence-corrected chi connectivity index (χ0v) is 31.7. The summed E-state index contributed by atoms with van der Waals surface area (Å²) in [4.78, 5) is 37.4. The minimum absolute atomic E-state index is 0.0177. The summed E-state index contributed by atoms with van der Waals surface area (Å²) >= 11 is 1.33. The van der Waals surface area contributed by atoms with Crippen molar-refractivity contribution in [2.45, 2.75) is 78.5 Å². The van der Waals surface area contributed by atoms with Crippen LogP contribution in [0.25, 0.3) is 21.3 Å². The fourth-order valence-electron chi connectivity index (χ4n) is 9.98. The molecule has 2 aromatic carbocycles. The Morgan fingerprint density at radius 2 is 1.93 bits per heavy atom. The van der Waals surface area contributed by atoms with Gasteiger partial charge in [-0.25, -0.2) is 19.2 Å². The molecular weight excluding hydrogens is 706 g/mol. The molecule has 13 heteroatoms. The molecule has 4 heterocycles. The Morgan fingerprint density at radius 1 is 1.09 bits per heavy atom. The number of carbonyl (C=O) groups excluding carboxylic acids is 1. The predicted octanol–water partition coefficient (Wildman–Crippen LogP) is 7.47. The van der Waals surface area contributed by atoms with Gasteiger partial charge in [0.2, 0.25) is 0 Å². The Balaban J connectivity index is 1.05. The van der Waals surface area contributed by atoms with Gasteiger partial charge in [-0.05, 0) is 104 Å². The molecule has 1 aliphatic heterocycles. The number of thiazole rings is 1. The summed E-state index contributed by atoms with van der Waals surface area (Å²) < 4.78 is 24.6. The van der Waals surface area contributed by atoms with Gasteiger partial charge in [-0.15, -0.1) is 0 Å². The normalized spacial score (nSPS) is 23.7. The smallest absolute Gasteiger partial charge is 0.355 e. The van der Waals surface area contributed by atoms with Crippen molar-refractivity contribution >= 4 is 44.4 Å². The van der Waals surface area contributed by atoms with E-state index in [0.717, 1.165) is 59.3 Å². The second-order valence-electron chi connectivity index (χ2n) is 16.0. The summed E-state index contributed by atoms with van der Waals surface area (Å²) in [6, 6.07) is 14.2. The number of halogens is 1. The molecule has 2 aliphatic carbocycles. The van der Waals surface area contributed by atoms with Crippen LogP contribution < -0.4 is 16.0 Å². The number of carboxylic acids is 1. The molecule has 2 saturated carbocycles. The fourth-order valence-corrected chi connectivity index (χ4v) is 10.8. The number of fused-ring (bicyclic) bond motifs is 4. The van der Waals surface area contributed by atoms with E-state index in [-0.39, 0.29) is 34.7 Å². The van der Waals surface area contributed by atoms with E-state index in [1.165, 1.54) is 23.8 Å². The van der Waals surface area contributed by atoms with Gasteiger partial charge in [-0.3, -0.25) is 14.8 Å². The van der Waals surface area contributed by atoms with E-state index >= 15 is 4.39 Å². The molecule has 1 amide bonds. The highest BCUT2D eigenvalue weighted by Crippen LogP contribution is 2.58. The summed E-state index contributed by atoms with van der Waals surface area (Å²) in [5, 5.41) is 18.5. The number of amides is 1. The number of anilines is 2. The molecule has 4 unspecified atom stereocenters. The van der Waals surface area contributed by atoms with Crippen LogP contribution in [0.2, 0.25) is 0 Å². The number of nitrogens with zero attached hydrogens (tertiary/aromatic N) is 5. The number of pyridine rings is 1. The van der Waals surface area contributed by atoms with Crippen LogP contribution in [-0.2, 0) is 24.2 Å². The number of ether oxygens (including phenoxy) is 1. The maximum absolute atomic E-state index is 15.4. The third kappa shape index (κ3) is 6.88. The van der Waals surface area contributed by atoms with Crippen molar-refractivity contribution < 1.29 is 23.8 Å². The Kier molecular flexibility index (Phi) is 9.51. The molecule has 0 spiro atoms. The fraction of sp³-hybridized carbons (Fsp3) is 0.439. The quantitative estimate of drug-likeness (QED) is 0.132. The number of para-hydroxylation sites is 1. The van der Waals surface area contributed by atoms with E-state index in [0.29, 0.717) is 54.1 Å². The van der Waals surface area contributed by atoms with Gasteiger partial charge in [0.15, 0.2) is 10.8 Å². The average molecular weight is 752 g/mol. The molecule has 3 aliphatic rings. The lowest BCUT2D eigenvalue weighted by molar-refractivity contribution is -0.108. The highest BCUT2D eigenvalue weighted by Gasteiger charge is 2.51. The molecule has 11 nitrogen and oxygen atoms in total. The van der Waals surface area contributed by atoms with E-state index in [4.69, 9.17) is 15.6 Å². The predicted molar refractivity (Wildman–Crippen MR) is 207 cm³/mol. The van der Waals surface area contributed by atoms with E-state index in [1.807, 2.05) is 40.8 Å². The molecule has 3 aromatic heterocycles. The highest BCUT2D eigenvalue weighted by molar-refractivity contribution is 7.22. The van der Waals surface area contributed by atoms with Crippen LogP contribution in [0.1, 0.15) is 83.6 Å². The monoisotopic (exact) mass is 751 g/mol. The van der Waals surface area contributed by atoms with E-state index in [9.17, 15) is 14.7 Å². The maximum atomic E-state index is 15.4. The number of hydrogen-bond acceptors (Lipinski definition) is 9. The molecule has 4 N–H and O–H groups in total. The maximum Gasteiger partial charge on any atom is 0.355 e. The third-order valence-corrected chi connectivity index (χ3v) is 12.6. The first-order valence-electron chi connectivity index (χ1n) is 18.7. The minimum atomic E-state index is -1.15. The Hall–Kier alpha value is -4.72. The molecule has 8 rings (SSSR count). The Bertz CT molecular complexity index is 2220. The molecule has 282 valence electrons. The Labute approximate surface area is 317 Å². The van der Waals surface area contributed by atoms with Crippen molar-refractivity contribution in [3.05, 3.63) is 88.6 Å². The van der Waals surface area contributed by atoms with Crippen LogP contribution in [0, 0.1) is 29.5 Å². The number of carbonyl (C=O) groups is 2. The van der Waals surface area contributed by atoms with Crippen LogP contribution >= 0.6 is 11.3 Å². The minimum Gasteiger partial charge on any atom is -0.476 e.